The molecule has 0 amide bonds. The van der Waals surface area contributed by atoms with Crippen molar-refractivity contribution >= 4 is 65.7 Å². The molecule has 0 radical (unpaired) electrons. The van der Waals surface area contributed by atoms with E-state index in [0.29, 0.717) is 0 Å². The second-order valence-electron chi connectivity index (χ2n) is 13.3. The van der Waals surface area contributed by atoms with Crippen LogP contribution in [0.4, 0.5) is 0 Å². The minimum Gasteiger partial charge on any atom is -0.456 e. The highest BCUT2D eigenvalue weighted by atomic mass is 16.3. The SMILES string of the molecule is c1ccc2c(c1)oc1ccc(-c3ccc(-c4ccc(-n5c6ccccc6c6cc(-c7ccc8oc9ccccc9c8c7)ccc65)cc4)cc3)cc12. The predicted molar refractivity (Wildman–Crippen MR) is 212 cm³/mol. The zero-order chi connectivity index (χ0) is 33.5. The Bertz CT molecular complexity index is 3120. The van der Waals surface area contributed by atoms with E-state index in [1.807, 2.05) is 24.3 Å². The molecule has 0 aliphatic rings. The molecule has 238 valence electrons. The van der Waals surface area contributed by atoms with Crippen LogP contribution in [0.15, 0.2) is 185 Å². The van der Waals surface area contributed by atoms with E-state index in [1.54, 1.807) is 0 Å². The van der Waals surface area contributed by atoms with Crippen LogP contribution < -0.4 is 0 Å². The van der Waals surface area contributed by atoms with E-state index in [2.05, 4.69) is 156 Å². The number of nitrogens with zero attached hydrogens (tertiary/aromatic N) is 1. The van der Waals surface area contributed by atoms with Crippen molar-refractivity contribution in [2.45, 2.75) is 0 Å². The van der Waals surface area contributed by atoms with Crippen molar-refractivity contribution in [3.8, 4) is 39.1 Å². The third kappa shape index (κ3) is 4.38. The normalized spacial score (nSPS) is 11.9. The van der Waals surface area contributed by atoms with Gasteiger partial charge in [0.15, 0.2) is 0 Å². The fourth-order valence-corrected chi connectivity index (χ4v) is 7.90. The Morgan fingerprint density at radius 1 is 0.275 bits per heavy atom. The molecule has 0 N–H and O–H groups in total. The van der Waals surface area contributed by atoms with Crippen LogP contribution in [0, 0.1) is 0 Å². The van der Waals surface area contributed by atoms with Crippen LogP contribution in [-0.4, -0.2) is 4.57 Å². The van der Waals surface area contributed by atoms with Gasteiger partial charge in [-0.3, -0.25) is 0 Å². The van der Waals surface area contributed by atoms with Crippen LogP contribution in [0.2, 0.25) is 0 Å². The van der Waals surface area contributed by atoms with Crippen LogP contribution in [-0.2, 0) is 0 Å². The van der Waals surface area contributed by atoms with E-state index in [-0.39, 0.29) is 0 Å². The van der Waals surface area contributed by atoms with Gasteiger partial charge in [0, 0.05) is 38.0 Å². The molecule has 0 bridgehead atoms. The lowest BCUT2D eigenvalue weighted by Gasteiger charge is -2.10. The Morgan fingerprint density at radius 2 is 0.667 bits per heavy atom. The van der Waals surface area contributed by atoms with Crippen molar-refractivity contribution in [1.82, 2.24) is 4.57 Å². The van der Waals surface area contributed by atoms with Crippen molar-refractivity contribution in [3.05, 3.63) is 176 Å². The van der Waals surface area contributed by atoms with Gasteiger partial charge in [-0.05, 0) is 100 Å². The summed E-state index contributed by atoms with van der Waals surface area (Å²) in [6, 6.07) is 62.8. The van der Waals surface area contributed by atoms with E-state index in [1.165, 1.54) is 55.2 Å². The Balaban J connectivity index is 0.940. The molecule has 0 aliphatic carbocycles. The molecule has 0 fully saturated rings. The molecule has 0 unspecified atom stereocenters. The van der Waals surface area contributed by atoms with Crippen molar-refractivity contribution in [2.24, 2.45) is 0 Å². The lowest BCUT2D eigenvalue weighted by molar-refractivity contribution is 0.668. The summed E-state index contributed by atoms with van der Waals surface area (Å²) in [6.07, 6.45) is 0. The van der Waals surface area contributed by atoms with Gasteiger partial charge in [-0.15, -0.1) is 0 Å². The molecule has 11 rings (SSSR count). The van der Waals surface area contributed by atoms with Crippen LogP contribution >= 0.6 is 0 Å². The first-order valence-corrected chi connectivity index (χ1v) is 17.3. The number of hydrogen-bond acceptors (Lipinski definition) is 2. The topological polar surface area (TPSA) is 31.2 Å². The molecule has 0 saturated heterocycles. The molecular weight excluding hydrogens is 623 g/mol. The van der Waals surface area contributed by atoms with Gasteiger partial charge in [-0.2, -0.15) is 0 Å². The minimum absolute atomic E-state index is 0.915. The molecule has 0 atom stereocenters. The zero-order valence-electron chi connectivity index (χ0n) is 27.5. The third-order valence-electron chi connectivity index (χ3n) is 10.4. The summed E-state index contributed by atoms with van der Waals surface area (Å²) in [5.74, 6) is 0. The summed E-state index contributed by atoms with van der Waals surface area (Å²) in [7, 11) is 0. The van der Waals surface area contributed by atoms with Gasteiger partial charge in [0.2, 0.25) is 0 Å². The molecular formula is C48H29NO2. The fraction of sp³-hybridized carbons (Fsp3) is 0. The third-order valence-corrected chi connectivity index (χ3v) is 10.4. The number of fused-ring (bicyclic) bond motifs is 9. The van der Waals surface area contributed by atoms with Gasteiger partial charge in [0.1, 0.15) is 22.3 Å². The van der Waals surface area contributed by atoms with Gasteiger partial charge in [-0.1, -0.05) is 109 Å². The number of hydrogen-bond donors (Lipinski definition) is 0. The van der Waals surface area contributed by atoms with Gasteiger partial charge in [-0.25, -0.2) is 0 Å². The lowest BCUT2D eigenvalue weighted by atomic mass is 9.99. The number of aromatic nitrogens is 1. The number of benzene rings is 8. The van der Waals surface area contributed by atoms with Crippen molar-refractivity contribution in [3.63, 3.8) is 0 Å². The molecule has 0 saturated carbocycles. The zero-order valence-corrected chi connectivity index (χ0v) is 27.5. The van der Waals surface area contributed by atoms with Crippen LogP contribution in [0.3, 0.4) is 0 Å². The molecule has 0 aliphatic heterocycles. The van der Waals surface area contributed by atoms with E-state index < -0.39 is 0 Å². The minimum atomic E-state index is 0.915. The second-order valence-corrected chi connectivity index (χ2v) is 13.3. The number of rotatable bonds is 4. The van der Waals surface area contributed by atoms with E-state index in [9.17, 15) is 0 Å². The number of furan rings is 2. The van der Waals surface area contributed by atoms with Crippen LogP contribution in [0.1, 0.15) is 0 Å². The van der Waals surface area contributed by atoms with Crippen molar-refractivity contribution in [2.75, 3.05) is 0 Å². The monoisotopic (exact) mass is 651 g/mol. The largest absolute Gasteiger partial charge is 0.456 e. The van der Waals surface area contributed by atoms with Crippen LogP contribution in [0.25, 0.3) is 105 Å². The Hall–Kier alpha value is -6.84. The Labute approximate surface area is 293 Å². The maximum Gasteiger partial charge on any atom is 0.135 e. The fourth-order valence-electron chi connectivity index (χ4n) is 7.90. The molecule has 3 nitrogen and oxygen atoms in total. The summed E-state index contributed by atoms with van der Waals surface area (Å²) in [6.45, 7) is 0. The first-order valence-electron chi connectivity index (χ1n) is 17.3. The molecule has 11 aromatic rings. The molecule has 0 spiro atoms. The lowest BCUT2D eigenvalue weighted by Crippen LogP contribution is -1.93. The quantitative estimate of drug-likeness (QED) is 0.190. The van der Waals surface area contributed by atoms with Crippen LogP contribution in [0.5, 0.6) is 0 Å². The molecule has 3 heterocycles. The summed E-state index contributed by atoms with van der Waals surface area (Å²) in [4.78, 5) is 0. The second kappa shape index (κ2) is 10.8. The smallest absolute Gasteiger partial charge is 0.135 e. The average molecular weight is 652 g/mol. The Morgan fingerprint density at radius 3 is 1.27 bits per heavy atom. The highest BCUT2D eigenvalue weighted by Crippen LogP contribution is 2.38. The highest BCUT2D eigenvalue weighted by Gasteiger charge is 2.15. The maximum atomic E-state index is 6.10. The molecule has 3 aromatic heterocycles. The van der Waals surface area contributed by atoms with E-state index in [4.69, 9.17) is 8.83 Å². The Kier molecular flexibility index (Phi) is 5.96. The number of para-hydroxylation sites is 3. The average Bonchev–Trinajstić information content (AvgIpc) is 3.87. The molecule has 8 aromatic carbocycles. The van der Waals surface area contributed by atoms with E-state index >= 15 is 0 Å². The van der Waals surface area contributed by atoms with Crippen molar-refractivity contribution in [1.29, 1.82) is 0 Å². The first-order chi connectivity index (χ1) is 25.2. The highest BCUT2D eigenvalue weighted by molar-refractivity contribution is 6.11. The predicted octanol–water partition coefficient (Wildman–Crippen LogP) is 13.6. The molecule has 51 heavy (non-hydrogen) atoms. The summed E-state index contributed by atoms with van der Waals surface area (Å²) in [5.41, 5.74) is 14.3. The molecule has 3 heteroatoms. The van der Waals surface area contributed by atoms with E-state index in [0.717, 1.165) is 49.6 Å². The van der Waals surface area contributed by atoms with Gasteiger partial charge >= 0.3 is 0 Å². The summed E-state index contributed by atoms with van der Waals surface area (Å²) >= 11 is 0. The van der Waals surface area contributed by atoms with Gasteiger partial charge in [0.25, 0.3) is 0 Å². The maximum absolute atomic E-state index is 6.10. The standard InChI is InChI=1S/C48H29NO2/c1-4-10-43-37(7-1)40-27-34(35-21-26-48-42(29-35)39-9-3-6-12-46(39)51-48)19-24-44(40)49(43)36-22-17-31(18-23-36)30-13-15-32(16-14-30)33-20-25-47-41(28-33)38-8-2-5-11-45(38)50-47/h1-29H. The van der Waals surface area contributed by atoms with Crippen molar-refractivity contribution < 1.29 is 8.83 Å². The first kappa shape index (κ1) is 28.0. The van der Waals surface area contributed by atoms with Gasteiger partial charge in [0.05, 0.1) is 11.0 Å². The summed E-state index contributed by atoms with van der Waals surface area (Å²) in [5, 5.41) is 7.06. The van der Waals surface area contributed by atoms with Gasteiger partial charge < -0.3 is 13.4 Å². The summed E-state index contributed by atoms with van der Waals surface area (Å²) < 4.78 is 14.5.